The molecule has 0 amide bonds. The zero-order valence-electron chi connectivity index (χ0n) is 12.1. The van der Waals surface area contributed by atoms with Crippen LogP contribution in [0, 0.1) is 5.41 Å². The van der Waals surface area contributed by atoms with Crippen LogP contribution in [0.5, 0.6) is 5.75 Å². The fourth-order valence-corrected chi connectivity index (χ4v) is 2.41. The van der Waals surface area contributed by atoms with Gasteiger partial charge >= 0.3 is 5.97 Å². The van der Waals surface area contributed by atoms with Gasteiger partial charge in [0.05, 0.1) is 12.5 Å². The van der Waals surface area contributed by atoms with E-state index in [0.717, 1.165) is 30.6 Å². The number of hydrogen-bond donors (Lipinski definition) is 1. The molecule has 1 N–H and O–H groups in total. The lowest BCUT2D eigenvalue weighted by Gasteiger charge is -2.28. The smallest absolute Gasteiger partial charge is 0.309 e. The molecular weight excluding hydrogens is 240 g/mol. The summed E-state index contributed by atoms with van der Waals surface area (Å²) in [6.45, 7) is 4.05. The molecule has 3 nitrogen and oxygen atoms in total. The molecule has 0 saturated heterocycles. The number of ether oxygens (including phenoxy) is 1. The van der Waals surface area contributed by atoms with E-state index in [2.05, 4.69) is 6.92 Å². The van der Waals surface area contributed by atoms with Crippen molar-refractivity contribution in [2.24, 2.45) is 5.41 Å². The minimum atomic E-state index is -0.689. The molecule has 0 aliphatic heterocycles. The molecule has 0 bridgehead atoms. The molecule has 0 radical (unpaired) electrons. The van der Waals surface area contributed by atoms with Crippen molar-refractivity contribution in [2.45, 2.75) is 46.0 Å². The first-order chi connectivity index (χ1) is 9.07. The lowest BCUT2D eigenvalue weighted by molar-refractivity contribution is -0.149. The zero-order chi connectivity index (χ0) is 14.3. The van der Waals surface area contributed by atoms with Gasteiger partial charge in [-0.1, -0.05) is 38.8 Å². The van der Waals surface area contributed by atoms with Gasteiger partial charge in [0, 0.05) is 0 Å². The molecule has 0 spiro atoms. The largest absolute Gasteiger partial charge is 0.497 e. The number of carboxylic acids is 1. The van der Waals surface area contributed by atoms with Crippen LogP contribution in [-0.2, 0) is 11.2 Å². The second kappa shape index (κ2) is 7.17. The molecule has 1 unspecified atom stereocenters. The van der Waals surface area contributed by atoms with Crippen LogP contribution in [0.1, 0.15) is 45.1 Å². The van der Waals surface area contributed by atoms with Crippen LogP contribution in [-0.4, -0.2) is 18.2 Å². The predicted molar refractivity (Wildman–Crippen MR) is 76.6 cm³/mol. The summed E-state index contributed by atoms with van der Waals surface area (Å²) >= 11 is 0. The molecule has 1 atom stereocenters. The van der Waals surface area contributed by atoms with E-state index in [4.69, 9.17) is 4.74 Å². The van der Waals surface area contributed by atoms with E-state index >= 15 is 0 Å². The van der Waals surface area contributed by atoms with Gasteiger partial charge in [0.15, 0.2) is 0 Å². The number of rotatable bonds is 8. The van der Waals surface area contributed by atoms with Crippen LogP contribution in [0.4, 0.5) is 0 Å². The molecule has 0 aliphatic rings. The van der Waals surface area contributed by atoms with Crippen molar-refractivity contribution in [2.75, 3.05) is 7.11 Å². The van der Waals surface area contributed by atoms with Crippen molar-refractivity contribution in [3.05, 3.63) is 29.8 Å². The average molecular weight is 264 g/mol. The number of benzene rings is 1. The van der Waals surface area contributed by atoms with Gasteiger partial charge in [-0.25, -0.2) is 0 Å². The van der Waals surface area contributed by atoms with Crippen molar-refractivity contribution in [3.63, 3.8) is 0 Å². The van der Waals surface area contributed by atoms with Crippen molar-refractivity contribution >= 4 is 5.97 Å². The first-order valence-electron chi connectivity index (χ1n) is 6.94. The summed E-state index contributed by atoms with van der Waals surface area (Å²) in [5.41, 5.74) is 0.377. The van der Waals surface area contributed by atoms with Crippen molar-refractivity contribution in [3.8, 4) is 5.75 Å². The number of methoxy groups -OCH3 is 1. The highest BCUT2D eigenvalue weighted by Crippen LogP contribution is 2.34. The molecule has 0 aliphatic carbocycles. The summed E-state index contributed by atoms with van der Waals surface area (Å²) in [6.07, 6.45) is 3.92. The lowest BCUT2D eigenvalue weighted by Crippen LogP contribution is -2.32. The van der Waals surface area contributed by atoms with Gasteiger partial charge in [0.25, 0.3) is 0 Å². The third-order valence-electron chi connectivity index (χ3n) is 3.82. The first-order valence-corrected chi connectivity index (χ1v) is 6.94. The monoisotopic (exact) mass is 264 g/mol. The quantitative estimate of drug-likeness (QED) is 0.774. The number of unbranched alkanes of at least 4 members (excludes halogenated alkanes) is 1. The van der Waals surface area contributed by atoms with Crippen LogP contribution in [0.15, 0.2) is 24.3 Å². The fourth-order valence-electron chi connectivity index (χ4n) is 2.41. The highest BCUT2D eigenvalue weighted by Gasteiger charge is 2.36. The Kier molecular flexibility index (Phi) is 5.87. The highest BCUT2D eigenvalue weighted by molar-refractivity contribution is 5.75. The average Bonchev–Trinajstić information content (AvgIpc) is 2.43. The van der Waals surface area contributed by atoms with Crippen molar-refractivity contribution < 1.29 is 14.6 Å². The Labute approximate surface area is 115 Å². The molecule has 0 aromatic heterocycles. The van der Waals surface area contributed by atoms with Gasteiger partial charge in [-0.3, -0.25) is 4.79 Å². The second-order valence-electron chi connectivity index (χ2n) is 5.07. The molecule has 19 heavy (non-hydrogen) atoms. The number of hydrogen-bond acceptors (Lipinski definition) is 2. The van der Waals surface area contributed by atoms with E-state index in [9.17, 15) is 9.90 Å². The molecule has 1 rings (SSSR count). The Bertz CT molecular complexity index is 414. The van der Waals surface area contributed by atoms with Crippen molar-refractivity contribution in [1.82, 2.24) is 0 Å². The fraction of sp³-hybridized carbons (Fsp3) is 0.562. The van der Waals surface area contributed by atoms with Gasteiger partial charge in [0.1, 0.15) is 5.75 Å². The maximum atomic E-state index is 11.7. The maximum Gasteiger partial charge on any atom is 0.309 e. The molecular formula is C16H24O3. The summed E-state index contributed by atoms with van der Waals surface area (Å²) in [6, 6.07) is 7.70. The maximum absolute atomic E-state index is 11.7. The summed E-state index contributed by atoms with van der Waals surface area (Å²) in [4.78, 5) is 11.7. The number of aliphatic carboxylic acids is 1. The SMILES string of the molecule is CCCCC(CC)(Cc1cccc(OC)c1)C(=O)O. The van der Waals surface area contributed by atoms with E-state index in [1.807, 2.05) is 31.2 Å². The Morgan fingerprint density at radius 2 is 2.11 bits per heavy atom. The van der Waals surface area contributed by atoms with E-state index in [0.29, 0.717) is 12.8 Å². The Balaban J connectivity index is 2.95. The summed E-state index contributed by atoms with van der Waals surface area (Å²) in [5, 5.41) is 9.61. The topological polar surface area (TPSA) is 46.5 Å². The van der Waals surface area contributed by atoms with Crippen LogP contribution < -0.4 is 4.74 Å². The molecule has 106 valence electrons. The normalized spacial score (nSPS) is 13.8. The van der Waals surface area contributed by atoms with Crippen LogP contribution in [0.25, 0.3) is 0 Å². The molecule has 3 heteroatoms. The van der Waals surface area contributed by atoms with Crippen LogP contribution in [0.2, 0.25) is 0 Å². The van der Waals surface area contributed by atoms with E-state index in [1.165, 1.54) is 0 Å². The van der Waals surface area contributed by atoms with E-state index < -0.39 is 11.4 Å². The van der Waals surface area contributed by atoms with Gasteiger partial charge in [-0.05, 0) is 37.0 Å². The predicted octanol–water partition coefficient (Wildman–Crippen LogP) is 3.91. The van der Waals surface area contributed by atoms with Gasteiger partial charge in [-0.15, -0.1) is 0 Å². The molecule has 0 heterocycles. The van der Waals surface area contributed by atoms with Gasteiger partial charge in [0.2, 0.25) is 0 Å². The third kappa shape index (κ3) is 3.98. The lowest BCUT2D eigenvalue weighted by atomic mass is 9.75. The van der Waals surface area contributed by atoms with E-state index in [1.54, 1.807) is 7.11 Å². The number of carboxylic acid groups (broad SMARTS) is 1. The Morgan fingerprint density at radius 1 is 1.37 bits per heavy atom. The standard InChI is InChI=1S/C16H24O3/c1-4-6-10-16(5-2,15(17)18)12-13-8-7-9-14(11-13)19-3/h7-9,11H,4-6,10,12H2,1-3H3,(H,17,18). The van der Waals surface area contributed by atoms with Crippen molar-refractivity contribution in [1.29, 1.82) is 0 Å². The summed E-state index contributed by atoms with van der Waals surface area (Å²) < 4.78 is 5.20. The molecule has 0 saturated carbocycles. The number of carbonyl (C=O) groups is 1. The minimum Gasteiger partial charge on any atom is -0.497 e. The third-order valence-corrected chi connectivity index (χ3v) is 3.82. The van der Waals surface area contributed by atoms with Gasteiger partial charge in [-0.2, -0.15) is 0 Å². The van der Waals surface area contributed by atoms with Crippen LogP contribution >= 0.6 is 0 Å². The first kappa shape index (κ1) is 15.5. The second-order valence-corrected chi connectivity index (χ2v) is 5.07. The molecule has 1 aromatic rings. The highest BCUT2D eigenvalue weighted by atomic mass is 16.5. The Morgan fingerprint density at radius 3 is 2.63 bits per heavy atom. The Hall–Kier alpha value is -1.51. The minimum absolute atomic E-state index is 0.566. The molecule has 1 aromatic carbocycles. The van der Waals surface area contributed by atoms with Gasteiger partial charge < -0.3 is 9.84 Å². The van der Waals surface area contributed by atoms with E-state index in [-0.39, 0.29) is 0 Å². The van der Waals surface area contributed by atoms with Crippen LogP contribution in [0.3, 0.4) is 0 Å². The summed E-state index contributed by atoms with van der Waals surface area (Å²) in [5.74, 6) is 0.0923. The molecule has 0 fully saturated rings. The summed E-state index contributed by atoms with van der Waals surface area (Å²) in [7, 11) is 1.63. The zero-order valence-corrected chi connectivity index (χ0v) is 12.1.